The maximum Gasteiger partial charge on any atom is 0.142 e. The summed E-state index contributed by atoms with van der Waals surface area (Å²) in [7, 11) is 0. The van der Waals surface area contributed by atoms with Gasteiger partial charge in [-0.15, -0.1) is 0 Å². The zero-order valence-electron chi connectivity index (χ0n) is 12.2. The summed E-state index contributed by atoms with van der Waals surface area (Å²) in [4.78, 5) is 7.37. The van der Waals surface area contributed by atoms with E-state index in [9.17, 15) is 0 Å². The first kappa shape index (κ1) is 14.2. The fraction of sp³-hybridized carbons (Fsp3) is 0.400. The molecule has 1 aromatic heterocycles. The highest BCUT2D eigenvalue weighted by molar-refractivity contribution is 5.59. The van der Waals surface area contributed by atoms with Crippen LogP contribution in [0.5, 0.6) is 11.5 Å². The molecule has 0 unspecified atom stereocenters. The molecule has 2 N–H and O–H groups in total. The molecular weight excluding hydrogens is 254 g/mol. The van der Waals surface area contributed by atoms with Gasteiger partial charge in [0.25, 0.3) is 0 Å². The van der Waals surface area contributed by atoms with Gasteiger partial charge in [-0.3, -0.25) is 0 Å². The minimum Gasteiger partial charge on any atom is -0.494 e. The summed E-state index contributed by atoms with van der Waals surface area (Å²) in [6.45, 7) is 7.82. The van der Waals surface area contributed by atoms with E-state index >= 15 is 0 Å². The first-order valence-electron chi connectivity index (χ1n) is 6.87. The highest BCUT2D eigenvalue weighted by atomic mass is 16.5. The second kappa shape index (κ2) is 6.84. The third-order valence-electron chi connectivity index (χ3n) is 2.79. The van der Waals surface area contributed by atoms with Crippen molar-refractivity contribution < 1.29 is 9.47 Å². The standard InChI is InChI=1S/C15H21N3O2/c1-4-19-13-6-7-15(20-5-2)14(8-13)17-10-12-9-16-11(3)18-12/h6-9,17H,4-5,10H2,1-3H3,(H,16,18). The molecule has 0 aliphatic carbocycles. The lowest BCUT2D eigenvalue weighted by Crippen LogP contribution is -2.04. The average Bonchev–Trinajstić information content (AvgIpc) is 2.85. The number of H-pyrrole nitrogens is 1. The Labute approximate surface area is 119 Å². The molecule has 0 aliphatic rings. The Morgan fingerprint density at radius 1 is 1.20 bits per heavy atom. The third kappa shape index (κ3) is 3.66. The normalized spacial score (nSPS) is 10.3. The lowest BCUT2D eigenvalue weighted by Gasteiger charge is -2.13. The largest absolute Gasteiger partial charge is 0.494 e. The van der Waals surface area contributed by atoms with Gasteiger partial charge in [0, 0.05) is 6.07 Å². The van der Waals surface area contributed by atoms with Gasteiger partial charge < -0.3 is 19.8 Å². The third-order valence-corrected chi connectivity index (χ3v) is 2.79. The van der Waals surface area contributed by atoms with Crippen LogP contribution in [0.15, 0.2) is 24.4 Å². The van der Waals surface area contributed by atoms with E-state index in [1.807, 2.05) is 45.2 Å². The smallest absolute Gasteiger partial charge is 0.142 e. The molecule has 0 aliphatic heterocycles. The van der Waals surface area contributed by atoms with Crippen molar-refractivity contribution in [2.75, 3.05) is 18.5 Å². The molecule has 0 saturated carbocycles. The lowest BCUT2D eigenvalue weighted by atomic mass is 10.2. The van der Waals surface area contributed by atoms with E-state index in [-0.39, 0.29) is 0 Å². The van der Waals surface area contributed by atoms with E-state index < -0.39 is 0 Å². The molecule has 2 rings (SSSR count). The Hall–Kier alpha value is -2.17. The van der Waals surface area contributed by atoms with E-state index in [1.165, 1.54) is 0 Å². The van der Waals surface area contributed by atoms with E-state index in [2.05, 4.69) is 15.3 Å². The summed E-state index contributed by atoms with van der Waals surface area (Å²) in [6, 6.07) is 5.80. The van der Waals surface area contributed by atoms with Crippen molar-refractivity contribution in [3.8, 4) is 11.5 Å². The maximum atomic E-state index is 5.62. The molecule has 0 atom stereocenters. The van der Waals surface area contributed by atoms with E-state index in [1.54, 1.807) is 0 Å². The van der Waals surface area contributed by atoms with Crippen LogP contribution in [0.2, 0.25) is 0 Å². The van der Waals surface area contributed by atoms with Crippen LogP contribution >= 0.6 is 0 Å². The van der Waals surface area contributed by atoms with Gasteiger partial charge in [-0.25, -0.2) is 4.98 Å². The molecule has 0 fully saturated rings. The number of aromatic nitrogens is 2. The Balaban J connectivity index is 2.11. The predicted molar refractivity (Wildman–Crippen MR) is 79.4 cm³/mol. The second-order valence-electron chi connectivity index (χ2n) is 4.37. The summed E-state index contributed by atoms with van der Waals surface area (Å²) in [5.74, 6) is 2.57. The summed E-state index contributed by atoms with van der Waals surface area (Å²) >= 11 is 0. The van der Waals surface area contributed by atoms with Gasteiger partial charge in [0.15, 0.2) is 0 Å². The molecule has 5 nitrogen and oxygen atoms in total. The Morgan fingerprint density at radius 2 is 2.00 bits per heavy atom. The molecule has 0 amide bonds. The molecule has 0 saturated heterocycles. The van der Waals surface area contributed by atoms with Crippen molar-refractivity contribution in [1.82, 2.24) is 9.97 Å². The first-order chi connectivity index (χ1) is 9.72. The van der Waals surface area contributed by atoms with Gasteiger partial charge >= 0.3 is 0 Å². The van der Waals surface area contributed by atoms with Crippen LogP contribution in [0, 0.1) is 6.92 Å². The predicted octanol–water partition coefficient (Wildman–Crippen LogP) is 3.13. The van der Waals surface area contributed by atoms with Crippen molar-refractivity contribution in [1.29, 1.82) is 0 Å². The molecule has 20 heavy (non-hydrogen) atoms. The van der Waals surface area contributed by atoms with Crippen LogP contribution in [0.4, 0.5) is 5.69 Å². The number of aromatic amines is 1. The maximum absolute atomic E-state index is 5.62. The zero-order chi connectivity index (χ0) is 14.4. The number of nitrogens with zero attached hydrogens (tertiary/aromatic N) is 1. The van der Waals surface area contributed by atoms with E-state index in [0.717, 1.165) is 28.7 Å². The summed E-state index contributed by atoms with van der Waals surface area (Å²) in [6.07, 6.45) is 1.83. The quantitative estimate of drug-likeness (QED) is 0.815. The monoisotopic (exact) mass is 275 g/mol. The van der Waals surface area contributed by atoms with Gasteiger partial charge in [0.2, 0.25) is 0 Å². The number of nitrogens with one attached hydrogen (secondary N) is 2. The summed E-state index contributed by atoms with van der Waals surface area (Å²) in [5, 5.41) is 3.35. The highest BCUT2D eigenvalue weighted by Gasteiger charge is 2.06. The second-order valence-corrected chi connectivity index (χ2v) is 4.37. The van der Waals surface area contributed by atoms with Crippen LogP contribution in [-0.4, -0.2) is 23.2 Å². The fourth-order valence-electron chi connectivity index (χ4n) is 1.94. The highest BCUT2D eigenvalue weighted by Crippen LogP contribution is 2.29. The van der Waals surface area contributed by atoms with Gasteiger partial charge in [-0.05, 0) is 32.9 Å². The topological polar surface area (TPSA) is 59.2 Å². The molecule has 1 aromatic carbocycles. The molecular formula is C15H21N3O2. The number of aryl methyl sites for hydroxylation is 1. The number of benzene rings is 1. The number of anilines is 1. The Kier molecular flexibility index (Phi) is 4.87. The van der Waals surface area contributed by atoms with Gasteiger partial charge in [-0.2, -0.15) is 0 Å². The van der Waals surface area contributed by atoms with E-state index in [4.69, 9.17) is 9.47 Å². The average molecular weight is 275 g/mol. The van der Waals surface area contributed by atoms with Crippen LogP contribution in [-0.2, 0) is 6.54 Å². The first-order valence-corrected chi connectivity index (χ1v) is 6.87. The Bertz CT molecular complexity index is 552. The van der Waals surface area contributed by atoms with Crippen LogP contribution < -0.4 is 14.8 Å². The van der Waals surface area contributed by atoms with Crippen LogP contribution in [0.3, 0.4) is 0 Å². The van der Waals surface area contributed by atoms with Gasteiger partial charge in [-0.1, -0.05) is 0 Å². The van der Waals surface area contributed by atoms with Crippen molar-refractivity contribution in [3.05, 3.63) is 35.9 Å². The molecule has 5 heteroatoms. The molecule has 0 spiro atoms. The van der Waals surface area contributed by atoms with Gasteiger partial charge in [0.05, 0.1) is 37.3 Å². The molecule has 0 radical (unpaired) electrons. The lowest BCUT2D eigenvalue weighted by molar-refractivity contribution is 0.332. The summed E-state index contributed by atoms with van der Waals surface area (Å²) in [5.41, 5.74) is 1.96. The minimum absolute atomic E-state index is 0.631. The Morgan fingerprint density at radius 3 is 2.65 bits per heavy atom. The SMILES string of the molecule is CCOc1ccc(OCC)c(NCc2cnc(C)[nH]2)c1. The molecule has 1 heterocycles. The molecule has 0 bridgehead atoms. The van der Waals surface area contributed by atoms with Gasteiger partial charge in [0.1, 0.15) is 17.3 Å². The summed E-state index contributed by atoms with van der Waals surface area (Å²) < 4.78 is 11.1. The molecule has 108 valence electrons. The van der Waals surface area contributed by atoms with E-state index in [0.29, 0.717) is 19.8 Å². The zero-order valence-corrected chi connectivity index (χ0v) is 12.2. The number of imidazole rings is 1. The fourth-order valence-corrected chi connectivity index (χ4v) is 1.94. The van der Waals surface area contributed by atoms with Crippen molar-refractivity contribution >= 4 is 5.69 Å². The molecule has 2 aromatic rings. The minimum atomic E-state index is 0.631. The number of hydrogen-bond donors (Lipinski definition) is 2. The van der Waals surface area contributed by atoms with Crippen LogP contribution in [0.25, 0.3) is 0 Å². The number of rotatable bonds is 7. The van der Waals surface area contributed by atoms with Crippen molar-refractivity contribution in [2.45, 2.75) is 27.3 Å². The van der Waals surface area contributed by atoms with Crippen molar-refractivity contribution in [3.63, 3.8) is 0 Å². The van der Waals surface area contributed by atoms with Crippen molar-refractivity contribution in [2.24, 2.45) is 0 Å². The van der Waals surface area contributed by atoms with Crippen LogP contribution in [0.1, 0.15) is 25.4 Å². The number of ether oxygens (including phenoxy) is 2. The number of hydrogen-bond acceptors (Lipinski definition) is 4.